The van der Waals surface area contributed by atoms with Crippen molar-refractivity contribution in [2.45, 2.75) is 39.3 Å². The lowest BCUT2D eigenvalue weighted by molar-refractivity contribution is 0.0702. The van der Waals surface area contributed by atoms with E-state index in [1.807, 2.05) is 21.6 Å². The van der Waals surface area contributed by atoms with Crippen molar-refractivity contribution in [3.8, 4) is 0 Å². The summed E-state index contributed by atoms with van der Waals surface area (Å²) in [5.41, 5.74) is 6.07. The van der Waals surface area contributed by atoms with Gasteiger partial charge in [-0.15, -0.1) is 0 Å². The zero-order valence-electron chi connectivity index (χ0n) is 16.0. The Hall–Kier alpha value is -2.86. The fraction of sp³-hybridized carbons (Fsp3) is 0.364. The van der Waals surface area contributed by atoms with Crippen molar-refractivity contribution >= 4 is 17.9 Å². The van der Waals surface area contributed by atoms with Gasteiger partial charge in [-0.2, -0.15) is 0 Å². The van der Waals surface area contributed by atoms with Crippen molar-refractivity contribution in [1.29, 1.82) is 0 Å². The number of hydroxylamine groups is 1. The molecule has 0 saturated carbocycles. The van der Waals surface area contributed by atoms with E-state index in [1.54, 1.807) is 17.7 Å². The smallest absolute Gasteiger partial charge is 0.276 e. The Balaban J connectivity index is 1.55. The minimum absolute atomic E-state index is 0.00641. The van der Waals surface area contributed by atoms with Crippen molar-refractivity contribution in [2.24, 2.45) is 5.92 Å². The van der Waals surface area contributed by atoms with E-state index >= 15 is 0 Å². The molecule has 1 atom stereocenters. The van der Waals surface area contributed by atoms with Gasteiger partial charge < -0.3 is 9.47 Å². The normalized spacial score (nSPS) is 19.8. The molecular weight excluding hydrogens is 354 g/mol. The molecule has 6 heteroatoms. The predicted molar refractivity (Wildman–Crippen MR) is 106 cm³/mol. The third-order valence-corrected chi connectivity index (χ3v) is 5.69. The second-order valence-electron chi connectivity index (χ2n) is 7.78. The minimum atomic E-state index is -0.539. The van der Waals surface area contributed by atoms with Gasteiger partial charge in [0.15, 0.2) is 0 Å². The van der Waals surface area contributed by atoms with Crippen LogP contribution < -0.4 is 5.48 Å². The van der Waals surface area contributed by atoms with Gasteiger partial charge in [-0.3, -0.25) is 14.8 Å². The molecule has 1 aliphatic heterocycles. The molecule has 2 aromatic rings. The number of carbonyl (C=O) groups is 2. The van der Waals surface area contributed by atoms with Crippen molar-refractivity contribution < 1.29 is 14.8 Å². The number of hydrogen-bond donors (Lipinski definition) is 2. The molecule has 1 aromatic carbocycles. The van der Waals surface area contributed by atoms with E-state index in [2.05, 4.69) is 25.1 Å². The lowest BCUT2D eigenvalue weighted by atomic mass is 9.90. The SMILES string of the molecule is C[C@H]1CC/C=C\c2cc(C(=O)N3CCn4cc(C(=O)NO)cc4C3)ccc2C1. The lowest BCUT2D eigenvalue weighted by Crippen LogP contribution is -2.37. The molecule has 1 aliphatic carbocycles. The number of fused-ring (bicyclic) bond motifs is 2. The molecule has 0 unspecified atom stereocenters. The second-order valence-corrected chi connectivity index (χ2v) is 7.78. The van der Waals surface area contributed by atoms with Gasteiger partial charge in [0, 0.05) is 30.5 Å². The predicted octanol–water partition coefficient (Wildman–Crippen LogP) is 3.25. The van der Waals surface area contributed by atoms with Gasteiger partial charge in [-0.25, -0.2) is 5.48 Å². The fourth-order valence-electron chi connectivity index (χ4n) is 4.08. The maximum absolute atomic E-state index is 13.1. The Bertz CT molecular complexity index is 944. The van der Waals surface area contributed by atoms with E-state index in [0.29, 0.717) is 36.7 Å². The summed E-state index contributed by atoms with van der Waals surface area (Å²) in [6, 6.07) is 7.74. The summed E-state index contributed by atoms with van der Waals surface area (Å²) in [5, 5.41) is 8.81. The van der Waals surface area contributed by atoms with Crippen molar-refractivity contribution in [3.63, 3.8) is 0 Å². The van der Waals surface area contributed by atoms with Crippen LogP contribution in [0.5, 0.6) is 0 Å². The highest BCUT2D eigenvalue weighted by molar-refractivity contribution is 5.95. The molecule has 2 N–H and O–H groups in total. The zero-order valence-corrected chi connectivity index (χ0v) is 16.0. The highest BCUT2D eigenvalue weighted by Gasteiger charge is 2.24. The van der Waals surface area contributed by atoms with E-state index in [9.17, 15) is 9.59 Å². The molecule has 2 aliphatic rings. The minimum Gasteiger partial charge on any atom is -0.347 e. The lowest BCUT2D eigenvalue weighted by Gasteiger charge is -2.29. The molecule has 0 bridgehead atoms. The molecule has 146 valence electrons. The summed E-state index contributed by atoms with van der Waals surface area (Å²) in [5.74, 6) is 0.111. The van der Waals surface area contributed by atoms with Crippen molar-refractivity contribution in [1.82, 2.24) is 14.9 Å². The van der Waals surface area contributed by atoms with Crippen molar-refractivity contribution in [3.05, 3.63) is 64.5 Å². The van der Waals surface area contributed by atoms with Gasteiger partial charge in [-0.05, 0) is 54.5 Å². The molecular formula is C22H25N3O3. The first kappa shape index (κ1) is 18.5. The summed E-state index contributed by atoms with van der Waals surface area (Å²) in [6.45, 7) is 3.93. The average molecular weight is 379 g/mol. The number of nitrogens with zero attached hydrogens (tertiary/aromatic N) is 2. The van der Waals surface area contributed by atoms with Gasteiger partial charge in [0.1, 0.15) is 0 Å². The van der Waals surface area contributed by atoms with E-state index in [-0.39, 0.29) is 5.91 Å². The van der Waals surface area contributed by atoms with Crippen LogP contribution in [0.2, 0.25) is 0 Å². The van der Waals surface area contributed by atoms with Gasteiger partial charge >= 0.3 is 0 Å². The summed E-state index contributed by atoms with van der Waals surface area (Å²) in [4.78, 5) is 26.5. The summed E-state index contributed by atoms with van der Waals surface area (Å²) >= 11 is 0. The molecule has 0 spiro atoms. The van der Waals surface area contributed by atoms with Crippen LogP contribution in [0, 0.1) is 5.92 Å². The van der Waals surface area contributed by atoms with Crippen LogP contribution in [0.3, 0.4) is 0 Å². The Morgan fingerprint density at radius 1 is 1.18 bits per heavy atom. The number of allylic oxidation sites excluding steroid dienone is 1. The maximum Gasteiger partial charge on any atom is 0.276 e. The van der Waals surface area contributed by atoms with Gasteiger partial charge in [-0.1, -0.05) is 25.1 Å². The Labute approximate surface area is 164 Å². The molecule has 6 nitrogen and oxygen atoms in total. The number of aromatic nitrogens is 1. The van der Waals surface area contributed by atoms with Crippen LogP contribution >= 0.6 is 0 Å². The number of rotatable bonds is 2. The van der Waals surface area contributed by atoms with E-state index in [1.165, 1.54) is 12.0 Å². The quantitative estimate of drug-likeness (QED) is 0.621. The van der Waals surface area contributed by atoms with Gasteiger partial charge in [0.25, 0.3) is 11.8 Å². The summed E-state index contributed by atoms with van der Waals surface area (Å²) in [6.07, 6.45) is 9.36. The Morgan fingerprint density at radius 2 is 2.04 bits per heavy atom. The average Bonchev–Trinajstić information content (AvgIpc) is 3.12. The van der Waals surface area contributed by atoms with Crippen LogP contribution in [0.1, 0.15) is 57.3 Å². The Kier molecular flexibility index (Phi) is 5.05. The largest absolute Gasteiger partial charge is 0.347 e. The maximum atomic E-state index is 13.1. The van der Waals surface area contributed by atoms with Gasteiger partial charge in [0.05, 0.1) is 12.1 Å². The van der Waals surface area contributed by atoms with E-state index in [4.69, 9.17) is 5.21 Å². The molecule has 2 amide bonds. The zero-order chi connectivity index (χ0) is 19.7. The number of benzene rings is 1. The number of nitrogens with one attached hydrogen (secondary N) is 1. The van der Waals surface area contributed by atoms with Crippen LogP contribution in [0.25, 0.3) is 6.08 Å². The van der Waals surface area contributed by atoms with Crippen LogP contribution in [0.15, 0.2) is 36.5 Å². The molecule has 2 heterocycles. The first-order chi connectivity index (χ1) is 13.5. The van der Waals surface area contributed by atoms with Crippen LogP contribution in [-0.4, -0.2) is 33.0 Å². The first-order valence-electron chi connectivity index (χ1n) is 9.77. The molecule has 28 heavy (non-hydrogen) atoms. The molecule has 0 fully saturated rings. The van der Waals surface area contributed by atoms with Crippen LogP contribution in [0.4, 0.5) is 0 Å². The monoisotopic (exact) mass is 379 g/mol. The molecule has 0 radical (unpaired) electrons. The number of hydrogen-bond acceptors (Lipinski definition) is 3. The topological polar surface area (TPSA) is 74.6 Å². The highest BCUT2D eigenvalue weighted by atomic mass is 16.5. The number of amides is 2. The number of carbonyl (C=O) groups excluding carboxylic acids is 2. The van der Waals surface area contributed by atoms with Crippen LogP contribution in [-0.2, 0) is 19.5 Å². The summed E-state index contributed by atoms with van der Waals surface area (Å²) < 4.78 is 1.96. The molecule has 0 saturated heterocycles. The van der Waals surface area contributed by atoms with E-state index < -0.39 is 5.91 Å². The third kappa shape index (κ3) is 3.60. The molecule has 1 aromatic heterocycles. The summed E-state index contributed by atoms with van der Waals surface area (Å²) in [7, 11) is 0. The van der Waals surface area contributed by atoms with Crippen molar-refractivity contribution in [2.75, 3.05) is 6.54 Å². The standard InChI is InChI=1S/C22H25N3O3/c1-15-4-2-3-5-16-11-18(7-6-17(16)10-15)22(27)25-9-8-24-13-19(21(26)23-28)12-20(24)14-25/h3,5-7,11-13,15,28H,2,4,8-10,14H2,1H3,(H,23,26)/b5-3-/t15-/m0/s1. The second kappa shape index (κ2) is 7.64. The fourth-order valence-corrected chi connectivity index (χ4v) is 4.08. The van der Waals surface area contributed by atoms with Gasteiger partial charge in [0.2, 0.25) is 0 Å². The molecule has 4 rings (SSSR count). The van der Waals surface area contributed by atoms with E-state index in [0.717, 1.165) is 24.1 Å². The highest BCUT2D eigenvalue weighted by Crippen LogP contribution is 2.25. The first-order valence-corrected chi connectivity index (χ1v) is 9.77. The Morgan fingerprint density at radius 3 is 2.86 bits per heavy atom. The third-order valence-electron chi connectivity index (χ3n) is 5.69.